The van der Waals surface area contributed by atoms with Crippen molar-refractivity contribution in [3.63, 3.8) is 0 Å². The highest BCUT2D eigenvalue weighted by Crippen LogP contribution is 2.33. The Kier molecular flexibility index (Phi) is 3.52. The second kappa shape index (κ2) is 5.56. The van der Waals surface area contributed by atoms with Gasteiger partial charge < -0.3 is 9.88 Å². The molecule has 0 fully saturated rings. The minimum atomic E-state index is 0.573. The zero-order chi connectivity index (χ0) is 16.0. The van der Waals surface area contributed by atoms with Crippen molar-refractivity contribution in [3.05, 3.63) is 28.4 Å². The van der Waals surface area contributed by atoms with E-state index in [4.69, 9.17) is 0 Å². The van der Waals surface area contributed by atoms with Gasteiger partial charge in [-0.25, -0.2) is 9.97 Å². The minimum absolute atomic E-state index is 0.573. The monoisotopic (exact) mass is 328 g/mol. The number of nitrogens with one attached hydrogen (secondary N) is 1. The third kappa shape index (κ3) is 2.59. The van der Waals surface area contributed by atoms with Gasteiger partial charge in [0.15, 0.2) is 0 Å². The lowest BCUT2D eigenvalue weighted by Crippen LogP contribution is -2.26. The van der Waals surface area contributed by atoms with Gasteiger partial charge in [-0.05, 0) is 38.7 Å². The predicted octanol–water partition coefficient (Wildman–Crippen LogP) is 2.88. The number of aryl methyl sites for hydroxylation is 4. The molecular formula is C16H20N6S. The summed E-state index contributed by atoms with van der Waals surface area (Å²) in [6.45, 7) is 8.15. The molecule has 0 aliphatic carbocycles. The molecule has 1 aliphatic heterocycles. The number of thiophene rings is 1. The minimum Gasteiger partial charge on any atom is -0.369 e. The molecule has 0 radical (unpaired) electrons. The van der Waals surface area contributed by atoms with Gasteiger partial charge in [0.2, 0.25) is 0 Å². The number of nitrogens with zero attached hydrogens (tertiary/aromatic N) is 5. The molecule has 7 heteroatoms. The molecule has 0 spiro atoms. The lowest BCUT2D eigenvalue weighted by atomic mass is 9.99. The zero-order valence-electron chi connectivity index (χ0n) is 13.6. The van der Waals surface area contributed by atoms with Crippen LogP contribution in [0.5, 0.6) is 0 Å². The SMILES string of the molecule is Cc1nc(NC[C@H]2CCc3nncn3C2)c2c(C)c(C)sc2n1. The van der Waals surface area contributed by atoms with Crippen LogP contribution in [-0.4, -0.2) is 31.3 Å². The Hall–Kier alpha value is -2.02. The molecule has 1 N–H and O–H groups in total. The van der Waals surface area contributed by atoms with E-state index in [1.807, 2.05) is 13.3 Å². The van der Waals surface area contributed by atoms with Crippen LogP contribution in [0.1, 0.15) is 28.5 Å². The van der Waals surface area contributed by atoms with E-state index < -0.39 is 0 Å². The van der Waals surface area contributed by atoms with Crippen molar-refractivity contribution >= 4 is 27.4 Å². The number of anilines is 1. The molecule has 4 heterocycles. The first-order chi connectivity index (χ1) is 11.1. The fourth-order valence-electron chi connectivity index (χ4n) is 3.22. The summed E-state index contributed by atoms with van der Waals surface area (Å²) in [6.07, 6.45) is 3.97. The van der Waals surface area contributed by atoms with Crippen LogP contribution in [-0.2, 0) is 13.0 Å². The van der Waals surface area contributed by atoms with E-state index in [9.17, 15) is 0 Å². The molecule has 4 rings (SSSR count). The first-order valence-electron chi connectivity index (χ1n) is 7.96. The van der Waals surface area contributed by atoms with Gasteiger partial charge >= 0.3 is 0 Å². The molecule has 0 saturated heterocycles. The molecule has 120 valence electrons. The quantitative estimate of drug-likeness (QED) is 0.800. The molecular weight excluding hydrogens is 308 g/mol. The van der Waals surface area contributed by atoms with Gasteiger partial charge in [0.1, 0.15) is 28.6 Å². The maximum absolute atomic E-state index is 4.65. The summed E-state index contributed by atoms with van der Waals surface area (Å²) in [5, 5.41) is 12.9. The average molecular weight is 328 g/mol. The molecule has 1 aliphatic rings. The summed E-state index contributed by atoms with van der Waals surface area (Å²) < 4.78 is 2.16. The molecule has 3 aromatic heterocycles. The number of fused-ring (bicyclic) bond motifs is 2. The maximum atomic E-state index is 4.65. The Morgan fingerprint density at radius 2 is 2.17 bits per heavy atom. The van der Waals surface area contributed by atoms with Crippen LogP contribution in [0.2, 0.25) is 0 Å². The van der Waals surface area contributed by atoms with Crippen molar-refractivity contribution in [3.8, 4) is 0 Å². The van der Waals surface area contributed by atoms with Crippen LogP contribution in [0.3, 0.4) is 0 Å². The van der Waals surface area contributed by atoms with Crippen LogP contribution >= 0.6 is 11.3 Å². The average Bonchev–Trinajstić information content (AvgIpc) is 3.09. The molecule has 0 saturated carbocycles. The van der Waals surface area contributed by atoms with Crippen molar-refractivity contribution in [1.29, 1.82) is 0 Å². The number of rotatable bonds is 3. The third-order valence-corrected chi connectivity index (χ3v) is 5.73. The van der Waals surface area contributed by atoms with Gasteiger partial charge in [-0.3, -0.25) is 0 Å². The van der Waals surface area contributed by atoms with Crippen molar-refractivity contribution in [2.75, 3.05) is 11.9 Å². The van der Waals surface area contributed by atoms with Crippen LogP contribution in [0.15, 0.2) is 6.33 Å². The normalized spacial score (nSPS) is 17.4. The number of hydrogen-bond donors (Lipinski definition) is 1. The van der Waals surface area contributed by atoms with Crippen LogP contribution in [0, 0.1) is 26.7 Å². The summed E-state index contributed by atoms with van der Waals surface area (Å²) in [5.74, 6) is 3.48. The van der Waals surface area contributed by atoms with Gasteiger partial charge in [-0.1, -0.05) is 0 Å². The lowest BCUT2D eigenvalue weighted by Gasteiger charge is -2.23. The standard InChI is InChI=1S/C16H20N6S/c1-9-10(2)23-16-14(9)15(19-11(3)20-16)17-6-12-4-5-13-21-18-8-22(13)7-12/h8,12H,4-7H2,1-3H3,(H,17,19,20)/t12-/m1/s1. The van der Waals surface area contributed by atoms with Crippen molar-refractivity contribution in [2.24, 2.45) is 5.92 Å². The number of hydrogen-bond acceptors (Lipinski definition) is 6. The third-order valence-electron chi connectivity index (χ3n) is 4.63. The van der Waals surface area contributed by atoms with E-state index in [1.165, 1.54) is 15.8 Å². The van der Waals surface area contributed by atoms with Gasteiger partial charge in [0.25, 0.3) is 0 Å². The molecule has 3 aromatic rings. The Bertz CT molecular complexity index is 865. The summed E-state index contributed by atoms with van der Waals surface area (Å²) in [4.78, 5) is 11.6. The molecule has 23 heavy (non-hydrogen) atoms. The van der Waals surface area contributed by atoms with Crippen molar-refractivity contribution < 1.29 is 0 Å². The summed E-state index contributed by atoms with van der Waals surface area (Å²) >= 11 is 1.75. The van der Waals surface area contributed by atoms with E-state index in [0.29, 0.717) is 5.92 Å². The summed E-state index contributed by atoms with van der Waals surface area (Å²) in [6, 6.07) is 0. The van der Waals surface area contributed by atoms with Crippen LogP contribution in [0.25, 0.3) is 10.2 Å². The summed E-state index contributed by atoms with van der Waals surface area (Å²) in [5.41, 5.74) is 1.29. The second-order valence-electron chi connectivity index (χ2n) is 6.27. The maximum Gasteiger partial charge on any atom is 0.138 e. The first kappa shape index (κ1) is 14.6. The Morgan fingerprint density at radius 1 is 1.30 bits per heavy atom. The van der Waals surface area contributed by atoms with E-state index in [-0.39, 0.29) is 0 Å². The molecule has 0 bridgehead atoms. The van der Waals surface area contributed by atoms with Crippen molar-refractivity contribution in [2.45, 2.75) is 40.2 Å². The molecule has 0 amide bonds. The van der Waals surface area contributed by atoms with Gasteiger partial charge in [-0.15, -0.1) is 21.5 Å². The lowest BCUT2D eigenvalue weighted by molar-refractivity contribution is 0.381. The smallest absolute Gasteiger partial charge is 0.138 e. The van der Waals surface area contributed by atoms with Gasteiger partial charge in [-0.2, -0.15) is 0 Å². The van der Waals surface area contributed by atoms with E-state index in [2.05, 4.69) is 43.9 Å². The van der Waals surface area contributed by atoms with Crippen LogP contribution in [0.4, 0.5) is 5.82 Å². The molecule has 0 aromatic carbocycles. The highest BCUT2D eigenvalue weighted by molar-refractivity contribution is 7.18. The Balaban J connectivity index is 1.56. The predicted molar refractivity (Wildman–Crippen MR) is 91.9 cm³/mol. The topological polar surface area (TPSA) is 68.5 Å². The van der Waals surface area contributed by atoms with Crippen LogP contribution < -0.4 is 5.32 Å². The van der Waals surface area contributed by atoms with Gasteiger partial charge in [0, 0.05) is 24.4 Å². The van der Waals surface area contributed by atoms with Gasteiger partial charge in [0.05, 0.1) is 5.39 Å². The van der Waals surface area contributed by atoms with Crippen molar-refractivity contribution in [1.82, 2.24) is 24.7 Å². The second-order valence-corrected chi connectivity index (χ2v) is 7.47. The fraction of sp³-hybridized carbons (Fsp3) is 0.500. The van der Waals surface area contributed by atoms with E-state index in [0.717, 1.165) is 48.2 Å². The zero-order valence-corrected chi connectivity index (χ0v) is 14.4. The Morgan fingerprint density at radius 3 is 3.04 bits per heavy atom. The Labute approximate surface area is 139 Å². The highest BCUT2D eigenvalue weighted by Gasteiger charge is 2.20. The highest BCUT2D eigenvalue weighted by atomic mass is 32.1. The number of aromatic nitrogens is 5. The summed E-state index contributed by atoms with van der Waals surface area (Å²) in [7, 11) is 0. The first-order valence-corrected chi connectivity index (χ1v) is 8.78. The fourth-order valence-corrected chi connectivity index (χ4v) is 4.29. The largest absolute Gasteiger partial charge is 0.369 e. The van der Waals surface area contributed by atoms with E-state index in [1.54, 1.807) is 11.3 Å². The van der Waals surface area contributed by atoms with E-state index >= 15 is 0 Å². The molecule has 0 unspecified atom stereocenters. The molecule has 1 atom stereocenters. The molecule has 6 nitrogen and oxygen atoms in total.